The summed E-state index contributed by atoms with van der Waals surface area (Å²) in [6.07, 6.45) is 9.35. The topological polar surface area (TPSA) is 12.5 Å². The molecule has 140 valence electrons. The van der Waals surface area contributed by atoms with Crippen LogP contribution in [0.4, 0.5) is 5.69 Å². The van der Waals surface area contributed by atoms with Crippen molar-refractivity contribution in [3.8, 4) is 0 Å². The normalized spacial score (nSPS) is 11.2. The molecule has 0 bridgehead atoms. The molecule has 26 heavy (non-hydrogen) atoms. The second-order valence-corrected chi connectivity index (χ2v) is 6.75. The van der Waals surface area contributed by atoms with E-state index in [4.69, 9.17) is 4.74 Å². The molecule has 2 nitrogen and oxygen atoms in total. The Morgan fingerprint density at radius 3 is 2.31 bits per heavy atom. The van der Waals surface area contributed by atoms with Crippen molar-refractivity contribution in [1.29, 1.82) is 0 Å². The van der Waals surface area contributed by atoms with Crippen LogP contribution in [0.15, 0.2) is 48.5 Å². The molecule has 0 spiro atoms. The van der Waals surface area contributed by atoms with Gasteiger partial charge < -0.3 is 9.64 Å². The van der Waals surface area contributed by atoms with Gasteiger partial charge in [-0.1, -0.05) is 75.2 Å². The van der Waals surface area contributed by atoms with Crippen molar-refractivity contribution in [2.75, 3.05) is 25.1 Å². The van der Waals surface area contributed by atoms with Crippen molar-refractivity contribution in [2.45, 2.75) is 46.1 Å². The molecule has 2 heteroatoms. The Hall–Kier alpha value is -2.06. The van der Waals surface area contributed by atoms with Crippen LogP contribution in [0.25, 0.3) is 12.2 Å². The van der Waals surface area contributed by atoms with Crippen LogP contribution < -0.4 is 4.90 Å². The van der Waals surface area contributed by atoms with Gasteiger partial charge in [0.1, 0.15) is 0 Å². The van der Waals surface area contributed by atoms with E-state index in [1.54, 1.807) is 7.11 Å². The summed E-state index contributed by atoms with van der Waals surface area (Å²) in [4.78, 5) is 2.53. The number of ether oxygens (including phenoxy) is 1. The molecule has 2 rings (SSSR count). The fourth-order valence-electron chi connectivity index (χ4n) is 3.06. The van der Waals surface area contributed by atoms with Crippen LogP contribution in [-0.2, 0) is 11.3 Å². The second kappa shape index (κ2) is 11.5. The summed E-state index contributed by atoms with van der Waals surface area (Å²) in [5, 5.41) is 0. The molecule has 0 fully saturated rings. The summed E-state index contributed by atoms with van der Waals surface area (Å²) in [6, 6.07) is 17.3. The van der Waals surface area contributed by atoms with Crippen molar-refractivity contribution in [2.24, 2.45) is 0 Å². The fraction of sp³-hybridized carbons (Fsp3) is 0.417. The smallest absolute Gasteiger partial charge is 0.0718 e. The highest BCUT2D eigenvalue weighted by Gasteiger charge is 2.06. The molecule has 0 N–H and O–H groups in total. The van der Waals surface area contributed by atoms with E-state index >= 15 is 0 Å². The third-order valence-electron chi connectivity index (χ3n) is 4.61. The molecule has 0 unspecified atom stereocenters. The summed E-state index contributed by atoms with van der Waals surface area (Å²) >= 11 is 0. The minimum Gasteiger partial charge on any atom is -0.380 e. The predicted molar refractivity (Wildman–Crippen MR) is 115 cm³/mol. The van der Waals surface area contributed by atoms with Gasteiger partial charge in [-0.3, -0.25) is 0 Å². The molecule has 0 atom stereocenters. The van der Waals surface area contributed by atoms with E-state index in [1.807, 2.05) is 0 Å². The van der Waals surface area contributed by atoms with Crippen LogP contribution in [0.3, 0.4) is 0 Å². The van der Waals surface area contributed by atoms with Gasteiger partial charge in [0, 0.05) is 25.9 Å². The third-order valence-corrected chi connectivity index (χ3v) is 4.61. The van der Waals surface area contributed by atoms with E-state index in [1.165, 1.54) is 48.1 Å². The highest BCUT2D eigenvalue weighted by Crippen LogP contribution is 2.20. The van der Waals surface area contributed by atoms with Gasteiger partial charge in [-0.05, 0) is 41.7 Å². The molecular weight excluding hydrogens is 318 g/mol. The molecule has 0 heterocycles. The van der Waals surface area contributed by atoms with Gasteiger partial charge >= 0.3 is 0 Å². The van der Waals surface area contributed by atoms with Crippen LogP contribution >= 0.6 is 0 Å². The van der Waals surface area contributed by atoms with Gasteiger partial charge in [0.2, 0.25) is 0 Å². The minimum absolute atomic E-state index is 0.641. The summed E-state index contributed by atoms with van der Waals surface area (Å²) in [6.45, 7) is 7.44. The number of nitrogens with zero attached hydrogens (tertiary/aromatic N) is 1. The Bertz CT molecular complexity index is 669. The molecule has 0 aromatic heterocycles. The largest absolute Gasteiger partial charge is 0.380 e. The van der Waals surface area contributed by atoms with E-state index in [9.17, 15) is 0 Å². The van der Waals surface area contributed by atoms with Crippen LogP contribution in [0.2, 0.25) is 0 Å². The van der Waals surface area contributed by atoms with Gasteiger partial charge in [0.15, 0.2) is 0 Å². The van der Waals surface area contributed by atoms with E-state index in [0.717, 1.165) is 13.1 Å². The first kappa shape index (κ1) is 20.3. The zero-order valence-corrected chi connectivity index (χ0v) is 16.6. The monoisotopic (exact) mass is 351 g/mol. The molecular formula is C24H33NO. The molecule has 2 aromatic rings. The summed E-state index contributed by atoms with van der Waals surface area (Å²) in [7, 11) is 1.74. The Labute approximate surface area is 159 Å². The molecule has 0 saturated heterocycles. The number of anilines is 1. The first-order chi connectivity index (χ1) is 12.8. The average molecular weight is 352 g/mol. The maximum atomic E-state index is 5.31. The average Bonchev–Trinajstić information content (AvgIpc) is 2.68. The SMILES string of the molecule is CCCCN(CCCC)c1cccc(C=Cc2ccccc2COC)c1. The standard InChI is InChI=1S/C24H33NO/c1-4-6-17-25(18-7-5-2)24-14-10-11-21(19-24)15-16-22-12-8-9-13-23(22)20-26-3/h8-16,19H,4-7,17-18,20H2,1-3H3. The van der Waals surface area contributed by atoms with Crippen molar-refractivity contribution in [1.82, 2.24) is 0 Å². The number of hydrogen-bond acceptors (Lipinski definition) is 2. The van der Waals surface area contributed by atoms with E-state index in [2.05, 4.69) is 79.4 Å². The first-order valence-corrected chi connectivity index (χ1v) is 9.88. The predicted octanol–water partition coefficient (Wildman–Crippen LogP) is 6.41. The quantitative estimate of drug-likeness (QED) is 0.434. The van der Waals surface area contributed by atoms with Gasteiger partial charge in [-0.15, -0.1) is 0 Å². The Morgan fingerprint density at radius 1 is 0.885 bits per heavy atom. The van der Waals surface area contributed by atoms with Crippen molar-refractivity contribution < 1.29 is 4.74 Å². The van der Waals surface area contributed by atoms with Crippen LogP contribution in [0.1, 0.15) is 56.2 Å². The van der Waals surface area contributed by atoms with Crippen LogP contribution in [-0.4, -0.2) is 20.2 Å². The summed E-state index contributed by atoms with van der Waals surface area (Å²) in [5.41, 5.74) is 5.01. The van der Waals surface area contributed by atoms with E-state index in [0.29, 0.717) is 6.61 Å². The minimum atomic E-state index is 0.641. The lowest BCUT2D eigenvalue weighted by molar-refractivity contribution is 0.185. The number of rotatable bonds is 11. The van der Waals surface area contributed by atoms with Crippen molar-refractivity contribution in [3.63, 3.8) is 0 Å². The van der Waals surface area contributed by atoms with Crippen LogP contribution in [0, 0.1) is 0 Å². The maximum Gasteiger partial charge on any atom is 0.0718 e. The molecule has 0 aliphatic carbocycles. The van der Waals surface area contributed by atoms with Crippen LogP contribution in [0.5, 0.6) is 0 Å². The number of unbranched alkanes of at least 4 members (excludes halogenated alkanes) is 2. The number of methoxy groups -OCH3 is 1. The second-order valence-electron chi connectivity index (χ2n) is 6.75. The Kier molecular flexibility index (Phi) is 8.99. The lowest BCUT2D eigenvalue weighted by Gasteiger charge is -2.25. The molecule has 0 radical (unpaired) electrons. The first-order valence-electron chi connectivity index (χ1n) is 9.88. The summed E-state index contributed by atoms with van der Waals surface area (Å²) in [5.74, 6) is 0. The molecule has 0 amide bonds. The van der Waals surface area contributed by atoms with Gasteiger partial charge in [-0.25, -0.2) is 0 Å². The third kappa shape index (κ3) is 6.34. The summed E-state index contributed by atoms with van der Waals surface area (Å²) < 4.78 is 5.31. The van der Waals surface area contributed by atoms with E-state index in [-0.39, 0.29) is 0 Å². The highest BCUT2D eigenvalue weighted by atomic mass is 16.5. The van der Waals surface area contributed by atoms with E-state index < -0.39 is 0 Å². The zero-order valence-electron chi connectivity index (χ0n) is 16.6. The maximum absolute atomic E-state index is 5.31. The lowest BCUT2D eigenvalue weighted by atomic mass is 10.1. The lowest BCUT2D eigenvalue weighted by Crippen LogP contribution is -2.25. The molecule has 2 aromatic carbocycles. The molecule has 0 aliphatic heterocycles. The molecule has 0 aliphatic rings. The zero-order chi connectivity index (χ0) is 18.6. The van der Waals surface area contributed by atoms with Gasteiger partial charge in [-0.2, -0.15) is 0 Å². The number of benzene rings is 2. The Morgan fingerprint density at radius 2 is 1.62 bits per heavy atom. The highest BCUT2D eigenvalue weighted by molar-refractivity contribution is 5.72. The van der Waals surface area contributed by atoms with Crippen molar-refractivity contribution in [3.05, 3.63) is 65.2 Å². The molecule has 0 saturated carbocycles. The van der Waals surface area contributed by atoms with Crippen molar-refractivity contribution >= 4 is 17.8 Å². The fourth-order valence-corrected chi connectivity index (χ4v) is 3.06. The van der Waals surface area contributed by atoms with Gasteiger partial charge in [0.05, 0.1) is 6.61 Å². The number of hydrogen-bond donors (Lipinski definition) is 0. The van der Waals surface area contributed by atoms with Gasteiger partial charge in [0.25, 0.3) is 0 Å². The Balaban J connectivity index is 2.17.